The van der Waals surface area contributed by atoms with E-state index < -0.39 is 10.9 Å². The van der Waals surface area contributed by atoms with Crippen molar-refractivity contribution in [2.75, 3.05) is 0 Å². The van der Waals surface area contributed by atoms with Crippen molar-refractivity contribution in [2.24, 2.45) is 0 Å². The molecule has 0 saturated carbocycles. The number of hydrogen-bond acceptors (Lipinski definition) is 9. The first-order chi connectivity index (χ1) is 12.0. The molecule has 3 aromatic rings. The Kier molecular flexibility index (Phi) is 4.25. The molecule has 0 saturated heterocycles. The lowest BCUT2D eigenvalue weighted by Crippen LogP contribution is -2.07. The third-order valence-corrected chi connectivity index (χ3v) is 3.36. The van der Waals surface area contributed by atoms with Crippen molar-refractivity contribution in [3.63, 3.8) is 0 Å². The molecule has 0 aliphatic carbocycles. The van der Waals surface area contributed by atoms with E-state index in [0.29, 0.717) is 17.0 Å². The zero-order valence-corrected chi connectivity index (χ0v) is 13.3. The van der Waals surface area contributed by atoms with Gasteiger partial charge in [-0.15, -0.1) is 10.2 Å². The number of nitro benzene ring substituents is 1. The zero-order valence-electron chi connectivity index (χ0n) is 13.3. The molecule has 0 radical (unpaired) electrons. The summed E-state index contributed by atoms with van der Waals surface area (Å²) in [5.74, 6) is 0.0117. The monoisotopic (exact) mass is 344 g/mol. The molecule has 0 unspecified atom stereocenters. The molecule has 25 heavy (non-hydrogen) atoms. The Balaban J connectivity index is 1.67. The van der Waals surface area contributed by atoms with Gasteiger partial charge >= 0.3 is 5.97 Å². The highest BCUT2D eigenvalue weighted by atomic mass is 16.6. The number of hydrogen-bond donors (Lipinski definition) is 0. The van der Waals surface area contributed by atoms with E-state index in [1.807, 2.05) is 0 Å². The largest absolute Gasteiger partial charge is 0.452 e. The topological polar surface area (TPSA) is 134 Å². The minimum absolute atomic E-state index is 0.0446. The van der Waals surface area contributed by atoms with Crippen molar-refractivity contribution in [3.05, 3.63) is 57.3 Å². The van der Waals surface area contributed by atoms with Crippen LogP contribution < -0.4 is 0 Å². The van der Waals surface area contributed by atoms with Gasteiger partial charge in [0.1, 0.15) is 11.3 Å². The molecule has 1 aromatic carbocycles. The Labute approximate surface area is 140 Å². The van der Waals surface area contributed by atoms with Crippen LogP contribution in [0.1, 0.15) is 27.7 Å². The quantitative estimate of drug-likeness (QED) is 0.388. The smallest absolute Gasteiger partial charge is 0.344 e. The number of carbonyl (C=O) groups excluding carboxylic acids is 1. The Hall–Kier alpha value is -3.56. The number of carbonyl (C=O) groups is 1. The number of aryl methyl sites for hydroxylation is 2. The number of esters is 1. The van der Waals surface area contributed by atoms with E-state index in [1.54, 1.807) is 13.8 Å². The van der Waals surface area contributed by atoms with Gasteiger partial charge in [-0.2, -0.15) is 0 Å². The molecule has 0 atom stereocenters. The molecule has 2 aromatic heterocycles. The van der Waals surface area contributed by atoms with Crippen LogP contribution >= 0.6 is 0 Å². The number of rotatable bonds is 5. The lowest BCUT2D eigenvalue weighted by atomic mass is 10.2. The first kappa shape index (κ1) is 16.3. The van der Waals surface area contributed by atoms with Gasteiger partial charge in [-0.3, -0.25) is 10.1 Å². The summed E-state index contributed by atoms with van der Waals surface area (Å²) in [6.07, 6.45) is 0. The Morgan fingerprint density at radius 2 is 1.96 bits per heavy atom. The molecular formula is C15H12N4O6. The second-order valence-electron chi connectivity index (χ2n) is 5.08. The van der Waals surface area contributed by atoms with E-state index in [1.165, 1.54) is 24.3 Å². The highest BCUT2D eigenvalue weighted by Crippen LogP contribution is 2.21. The van der Waals surface area contributed by atoms with Gasteiger partial charge in [0.2, 0.25) is 5.89 Å². The minimum Gasteiger partial charge on any atom is -0.452 e. The second-order valence-corrected chi connectivity index (χ2v) is 5.08. The van der Waals surface area contributed by atoms with Crippen molar-refractivity contribution in [3.8, 4) is 11.5 Å². The summed E-state index contributed by atoms with van der Waals surface area (Å²) in [6.45, 7) is 3.02. The normalized spacial score (nSPS) is 10.6. The summed E-state index contributed by atoms with van der Waals surface area (Å²) in [5.41, 5.74) is 1.16. The lowest BCUT2D eigenvalue weighted by Gasteiger charge is -2.00. The van der Waals surface area contributed by atoms with Gasteiger partial charge in [-0.05, 0) is 26.0 Å². The third kappa shape index (κ3) is 3.37. The zero-order chi connectivity index (χ0) is 18.0. The first-order valence-electron chi connectivity index (χ1n) is 7.13. The van der Waals surface area contributed by atoms with E-state index in [0.717, 1.165) is 0 Å². The molecule has 0 aliphatic rings. The summed E-state index contributed by atoms with van der Waals surface area (Å²) in [6, 6.07) is 5.64. The molecule has 3 rings (SSSR count). The summed E-state index contributed by atoms with van der Waals surface area (Å²) in [4.78, 5) is 22.2. The van der Waals surface area contributed by atoms with Crippen LogP contribution in [0.25, 0.3) is 11.5 Å². The molecule has 0 fully saturated rings. The lowest BCUT2D eigenvalue weighted by molar-refractivity contribution is -0.384. The van der Waals surface area contributed by atoms with Gasteiger partial charge in [-0.1, -0.05) is 5.16 Å². The summed E-state index contributed by atoms with van der Waals surface area (Å²) < 4.78 is 15.4. The summed E-state index contributed by atoms with van der Waals surface area (Å²) >= 11 is 0. The van der Waals surface area contributed by atoms with E-state index in [-0.39, 0.29) is 29.6 Å². The van der Waals surface area contributed by atoms with Crippen LogP contribution in [-0.2, 0) is 11.3 Å². The minimum atomic E-state index is -0.605. The molecule has 0 aliphatic heterocycles. The van der Waals surface area contributed by atoms with Crippen LogP contribution in [0.4, 0.5) is 5.69 Å². The number of nitrogens with zero attached hydrogens (tertiary/aromatic N) is 4. The summed E-state index contributed by atoms with van der Waals surface area (Å²) in [7, 11) is 0. The van der Waals surface area contributed by atoms with Crippen molar-refractivity contribution in [1.29, 1.82) is 0 Å². The molecule has 0 bridgehead atoms. The molecule has 10 heteroatoms. The molecule has 2 heterocycles. The first-order valence-corrected chi connectivity index (χ1v) is 7.13. The Morgan fingerprint density at radius 1 is 1.24 bits per heavy atom. The highest BCUT2D eigenvalue weighted by molar-refractivity contribution is 5.91. The third-order valence-electron chi connectivity index (χ3n) is 3.36. The maximum atomic E-state index is 12.0. The number of benzene rings is 1. The van der Waals surface area contributed by atoms with Crippen molar-refractivity contribution in [2.45, 2.75) is 20.5 Å². The SMILES string of the molecule is Cc1noc(C)c1C(=O)OCc1nnc(-c2ccc([N+](=O)[O-])cc2)o1. The molecule has 10 nitrogen and oxygen atoms in total. The molecular weight excluding hydrogens is 332 g/mol. The fourth-order valence-electron chi connectivity index (χ4n) is 2.13. The molecule has 128 valence electrons. The van der Waals surface area contributed by atoms with Gasteiger partial charge < -0.3 is 13.7 Å². The van der Waals surface area contributed by atoms with Crippen LogP contribution in [0, 0.1) is 24.0 Å². The molecule has 0 spiro atoms. The average molecular weight is 344 g/mol. The maximum Gasteiger partial charge on any atom is 0.344 e. The van der Waals surface area contributed by atoms with Crippen molar-refractivity contribution in [1.82, 2.24) is 15.4 Å². The van der Waals surface area contributed by atoms with E-state index >= 15 is 0 Å². The van der Waals surface area contributed by atoms with Crippen molar-refractivity contribution >= 4 is 11.7 Å². The Morgan fingerprint density at radius 3 is 2.56 bits per heavy atom. The van der Waals surface area contributed by atoms with Gasteiger partial charge in [0.05, 0.1) is 10.6 Å². The maximum absolute atomic E-state index is 12.0. The van der Waals surface area contributed by atoms with Crippen LogP contribution in [-0.4, -0.2) is 26.2 Å². The Bertz CT molecular complexity index is 908. The molecule has 0 amide bonds. The fourth-order valence-corrected chi connectivity index (χ4v) is 2.13. The van der Waals surface area contributed by atoms with Crippen molar-refractivity contribution < 1.29 is 23.4 Å². The number of non-ortho nitro benzene ring substituents is 1. The standard InChI is InChI=1S/C15H12N4O6/c1-8-13(9(2)25-18-8)15(20)23-7-12-16-17-14(24-12)10-3-5-11(6-4-10)19(21)22/h3-6H,7H2,1-2H3. The number of aromatic nitrogens is 3. The highest BCUT2D eigenvalue weighted by Gasteiger charge is 2.20. The molecule has 0 N–H and O–H groups in total. The van der Waals surface area contributed by atoms with Crippen LogP contribution in [0.3, 0.4) is 0 Å². The van der Waals surface area contributed by atoms with Gasteiger partial charge in [0.15, 0.2) is 6.61 Å². The van der Waals surface area contributed by atoms with E-state index in [9.17, 15) is 14.9 Å². The van der Waals surface area contributed by atoms with Gasteiger partial charge in [-0.25, -0.2) is 4.79 Å². The van der Waals surface area contributed by atoms with Crippen LogP contribution in [0.15, 0.2) is 33.2 Å². The fraction of sp³-hybridized carbons (Fsp3) is 0.200. The van der Waals surface area contributed by atoms with E-state index in [2.05, 4.69) is 15.4 Å². The number of nitro groups is 1. The average Bonchev–Trinajstić information content (AvgIpc) is 3.20. The van der Waals surface area contributed by atoms with Crippen LogP contribution in [0.2, 0.25) is 0 Å². The predicted octanol–water partition coefficient (Wildman–Crippen LogP) is 2.61. The second kappa shape index (κ2) is 6.51. The van der Waals surface area contributed by atoms with Gasteiger partial charge in [0, 0.05) is 17.7 Å². The van der Waals surface area contributed by atoms with E-state index in [4.69, 9.17) is 13.7 Å². The van der Waals surface area contributed by atoms with Crippen LogP contribution in [0.5, 0.6) is 0 Å². The number of ether oxygens (including phenoxy) is 1. The predicted molar refractivity (Wildman–Crippen MR) is 81.5 cm³/mol. The summed E-state index contributed by atoms with van der Waals surface area (Å²) in [5, 5.41) is 21.9. The van der Waals surface area contributed by atoms with Gasteiger partial charge in [0.25, 0.3) is 11.6 Å².